The van der Waals surface area contributed by atoms with E-state index in [9.17, 15) is 4.39 Å². The molecule has 1 heterocycles. The number of hydrogen-bond donors (Lipinski definition) is 1. The highest BCUT2D eigenvalue weighted by Gasteiger charge is 2.02. The Bertz CT molecular complexity index is 716. The van der Waals surface area contributed by atoms with Crippen molar-refractivity contribution in [2.24, 2.45) is 10.2 Å². The first-order valence-electron chi connectivity index (χ1n) is 5.57. The Morgan fingerprint density at radius 1 is 0.833 bits per heavy atom. The van der Waals surface area contributed by atoms with Crippen molar-refractivity contribution in [2.75, 3.05) is 0 Å². The van der Waals surface area contributed by atoms with Gasteiger partial charge in [0.05, 0.1) is 0 Å². The van der Waals surface area contributed by atoms with Gasteiger partial charge in [0.1, 0.15) is 11.4 Å². The summed E-state index contributed by atoms with van der Waals surface area (Å²) < 4.78 is 13.4. The lowest BCUT2D eigenvalue weighted by Crippen LogP contribution is -1.71. The molecule has 2 aromatic carbocycles. The van der Waals surface area contributed by atoms with Crippen molar-refractivity contribution in [3.63, 3.8) is 0 Å². The molecule has 0 unspecified atom stereocenters. The Morgan fingerprint density at radius 2 is 1.56 bits per heavy atom. The molecule has 18 heavy (non-hydrogen) atoms. The highest BCUT2D eigenvalue weighted by atomic mass is 19.1. The lowest BCUT2D eigenvalue weighted by Gasteiger charge is -1.93. The average Bonchev–Trinajstić information content (AvgIpc) is 2.81. The van der Waals surface area contributed by atoms with Crippen LogP contribution in [0.15, 0.2) is 65.0 Å². The number of para-hydroxylation sites is 1. The Balaban J connectivity index is 2.00. The van der Waals surface area contributed by atoms with Gasteiger partial charge < -0.3 is 4.98 Å². The molecule has 0 aliphatic carbocycles. The maximum atomic E-state index is 13.4. The fourth-order valence-corrected chi connectivity index (χ4v) is 1.78. The molecule has 0 bridgehead atoms. The Morgan fingerprint density at radius 3 is 2.44 bits per heavy atom. The molecule has 3 aromatic rings. The van der Waals surface area contributed by atoms with Gasteiger partial charge in [-0.3, -0.25) is 0 Å². The number of azo groups is 1. The van der Waals surface area contributed by atoms with E-state index in [-0.39, 0.29) is 11.5 Å². The predicted molar refractivity (Wildman–Crippen MR) is 68.9 cm³/mol. The van der Waals surface area contributed by atoms with E-state index in [0.29, 0.717) is 5.69 Å². The maximum absolute atomic E-state index is 13.4. The van der Waals surface area contributed by atoms with E-state index in [1.807, 2.05) is 24.3 Å². The molecule has 4 heteroatoms. The van der Waals surface area contributed by atoms with Crippen LogP contribution in [-0.4, -0.2) is 4.98 Å². The zero-order chi connectivity index (χ0) is 12.4. The second-order valence-electron chi connectivity index (χ2n) is 3.87. The van der Waals surface area contributed by atoms with Crippen molar-refractivity contribution in [3.8, 4) is 0 Å². The second kappa shape index (κ2) is 4.41. The average molecular weight is 239 g/mol. The highest BCUT2D eigenvalue weighted by Crippen LogP contribution is 2.27. The van der Waals surface area contributed by atoms with E-state index in [4.69, 9.17) is 0 Å². The van der Waals surface area contributed by atoms with Crippen LogP contribution in [0.5, 0.6) is 0 Å². The fourth-order valence-electron chi connectivity index (χ4n) is 1.78. The Labute approximate surface area is 103 Å². The lowest BCUT2D eigenvalue weighted by molar-refractivity contribution is 0.628. The molecule has 88 valence electrons. The van der Waals surface area contributed by atoms with E-state index in [1.165, 1.54) is 6.07 Å². The summed E-state index contributed by atoms with van der Waals surface area (Å²) in [4.78, 5) is 3.09. The third kappa shape index (κ3) is 1.88. The van der Waals surface area contributed by atoms with Gasteiger partial charge in [-0.25, -0.2) is 4.39 Å². The summed E-state index contributed by atoms with van der Waals surface area (Å²) in [5.41, 5.74) is 1.93. The summed E-state index contributed by atoms with van der Waals surface area (Å²) in [7, 11) is 0. The van der Waals surface area contributed by atoms with Crippen molar-refractivity contribution in [1.29, 1.82) is 0 Å². The minimum absolute atomic E-state index is 0.239. The molecule has 3 rings (SSSR count). The normalized spacial score (nSPS) is 11.4. The molecule has 0 atom stereocenters. The van der Waals surface area contributed by atoms with E-state index < -0.39 is 0 Å². The van der Waals surface area contributed by atoms with Crippen LogP contribution in [0, 0.1) is 5.82 Å². The number of aromatic nitrogens is 1. The van der Waals surface area contributed by atoms with Crippen LogP contribution in [0.4, 0.5) is 15.8 Å². The van der Waals surface area contributed by atoms with Gasteiger partial charge in [-0.1, -0.05) is 30.3 Å². The molecule has 0 saturated carbocycles. The summed E-state index contributed by atoms with van der Waals surface area (Å²) in [6.45, 7) is 0. The van der Waals surface area contributed by atoms with E-state index in [1.54, 1.807) is 24.4 Å². The van der Waals surface area contributed by atoms with Crippen LogP contribution in [0.25, 0.3) is 10.9 Å². The smallest absolute Gasteiger partial charge is 0.150 e. The standard InChI is InChI=1S/C14H10FN3/c15-11-6-2-4-8-13(11)17-18-14-9-16-12-7-3-1-5-10(12)14/h1-9,16H. The fraction of sp³-hybridized carbons (Fsp3) is 0. The SMILES string of the molecule is Fc1ccccc1N=Nc1c[nH]c2ccccc12. The molecule has 1 aromatic heterocycles. The van der Waals surface area contributed by atoms with Crippen LogP contribution >= 0.6 is 0 Å². The summed E-state index contributed by atoms with van der Waals surface area (Å²) in [5.74, 6) is -0.374. The third-order valence-electron chi connectivity index (χ3n) is 2.69. The van der Waals surface area contributed by atoms with E-state index >= 15 is 0 Å². The van der Waals surface area contributed by atoms with Crippen molar-refractivity contribution in [2.45, 2.75) is 0 Å². The number of H-pyrrole nitrogens is 1. The van der Waals surface area contributed by atoms with Gasteiger partial charge in [0.25, 0.3) is 0 Å². The van der Waals surface area contributed by atoms with Crippen LogP contribution in [0.2, 0.25) is 0 Å². The van der Waals surface area contributed by atoms with Crippen molar-refractivity contribution in [3.05, 3.63) is 60.5 Å². The molecule has 0 amide bonds. The largest absolute Gasteiger partial charge is 0.359 e. The van der Waals surface area contributed by atoms with Crippen molar-refractivity contribution in [1.82, 2.24) is 4.98 Å². The van der Waals surface area contributed by atoms with Gasteiger partial charge in [0, 0.05) is 17.1 Å². The van der Waals surface area contributed by atoms with Gasteiger partial charge in [-0.15, -0.1) is 10.2 Å². The first-order valence-corrected chi connectivity index (χ1v) is 5.57. The highest BCUT2D eigenvalue weighted by molar-refractivity contribution is 5.90. The molecule has 0 saturated heterocycles. The first kappa shape index (κ1) is 10.7. The first-order chi connectivity index (χ1) is 8.84. The molecule has 1 N–H and O–H groups in total. The van der Waals surface area contributed by atoms with Crippen molar-refractivity contribution >= 4 is 22.3 Å². The molecule has 3 nitrogen and oxygen atoms in total. The lowest BCUT2D eigenvalue weighted by atomic mass is 10.2. The molecule has 0 spiro atoms. The summed E-state index contributed by atoms with van der Waals surface area (Å²) in [6.07, 6.45) is 1.76. The number of benzene rings is 2. The van der Waals surface area contributed by atoms with E-state index in [2.05, 4.69) is 15.2 Å². The van der Waals surface area contributed by atoms with Crippen LogP contribution < -0.4 is 0 Å². The molecule has 0 aliphatic rings. The summed E-state index contributed by atoms with van der Waals surface area (Å²) >= 11 is 0. The summed E-state index contributed by atoms with van der Waals surface area (Å²) in [5, 5.41) is 8.98. The van der Waals surface area contributed by atoms with Crippen LogP contribution in [0.3, 0.4) is 0 Å². The molecular formula is C14H10FN3. The number of nitrogens with zero attached hydrogens (tertiary/aromatic N) is 2. The van der Waals surface area contributed by atoms with Gasteiger partial charge in [-0.2, -0.15) is 0 Å². The van der Waals surface area contributed by atoms with Gasteiger partial charge in [-0.05, 0) is 18.2 Å². The predicted octanol–water partition coefficient (Wildman–Crippen LogP) is 4.72. The monoisotopic (exact) mass is 239 g/mol. The number of hydrogen-bond acceptors (Lipinski definition) is 2. The molecule has 0 radical (unpaired) electrons. The number of halogens is 1. The van der Waals surface area contributed by atoms with Crippen LogP contribution in [0.1, 0.15) is 0 Å². The minimum Gasteiger partial charge on any atom is -0.359 e. The zero-order valence-corrected chi connectivity index (χ0v) is 9.47. The Kier molecular flexibility index (Phi) is 2.61. The number of nitrogens with one attached hydrogen (secondary N) is 1. The molecule has 0 fully saturated rings. The minimum atomic E-state index is -0.374. The van der Waals surface area contributed by atoms with Crippen molar-refractivity contribution < 1.29 is 4.39 Å². The summed E-state index contributed by atoms with van der Waals surface area (Å²) in [6, 6.07) is 14.1. The van der Waals surface area contributed by atoms with Gasteiger partial charge >= 0.3 is 0 Å². The maximum Gasteiger partial charge on any atom is 0.150 e. The van der Waals surface area contributed by atoms with E-state index in [0.717, 1.165) is 10.9 Å². The van der Waals surface area contributed by atoms with Gasteiger partial charge in [0.2, 0.25) is 0 Å². The second-order valence-corrected chi connectivity index (χ2v) is 3.87. The number of rotatable bonds is 2. The topological polar surface area (TPSA) is 40.5 Å². The molecule has 0 aliphatic heterocycles. The third-order valence-corrected chi connectivity index (χ3v) is 2.69. The van der Waals surface area contributed by atoms with Gasteiger partial charge in [0.15, 0.2) is 5.82 Å². The Hall–Kier alpha value is -2.49. The number of fused-ring (bicyclic) bond motifs is 1. The quantitative estimate of drug-likeness (QED) is 0.628. The van der Waals surface area contributed by atoms with Crippen LogP contribution in [-0.2, 0) is 0 Å². The molecular weight excluding hydrogens is 229 g/mol. The number of aromatic amines is 1. The zero-order valence-electron chi connectivity index (χ0n) is 9.47.